The first-order valence-corrected chi connectivity index (χ1v) is 7.03. The second-order valence-electron chi connectivity index (χ2n) is 4.64. The second kappa shape index (κ2) is 7.22. The molecule has 3 aromatic rings. The lowest BCUT2D eigenvalue weighted by atomic mass is 10.2. The van der Waals surface area contributed by atoms with Gasteiger partial charge in [0.05, 0.1) is 0 Å². The molecule has 2 aromatic carbocycles. The van der Waals surface area contributed by atoms with Gasteiger partial charge in [0.15, 0.2) is 13.2 Å². The summed E-state index contributed by atoms with van der Waals surface area (Å²) in [6, 6.07) is 18.4. The lowest BCUT2D eigenvalue weighted by Crippen LogP contribution is -2.14. The van der Waals surface area contributed by atoms with E-state index in [1.54, 1.807) is 12.1 Å². The number of nitrogens with zero attached hydrogens (tertiary/aromatic N) is 2. The van der Waals surface area contributed by atoms with Crippen LogP contribution in [0.2, 0.25) is 0 Å². The minimum atomic E-state index is -0.506. The van der Waals surface area contributed by atoms with E-state index in [4.69, 9.17) is 14.0 Å². The number of esters is 1. The number of carbonyl (C=O) groups is 1. The van der Waals surface area contributed by atoms with Crippen LogP contribution in [0.1, 0.15) is 5.89 Å². The standard InChI is InChI=1S/C17H14N2O4/c20-16(12-21-14-9-5-2-6-10-14)22-11-15-18-17(19-23-15)13-7-3-1-4-8-13/h1-10H,11-12H2. The number of carbonyl (C=O) groups excluding carboxylic acids is 1. The number of hydrogen-bond acceptors (Lipinski definition) is 6. The predicted molar refractivity (Wildman–Crippen MR) is 81.5 cm³/mol. The summed E-state index contributed by atoms with van der Waals surface area (Å²) in [5.41, 5.74) is 0.834. The van der Waals surface area contributed by atoms with Gasteiger partial charge in [-0.3, -0.25) is 0 Å². The van der Waals surface area contributed by atoms with Gasteiger partial charge in [-0.15, -0.1) is 0 Å². The van der Waals surface area contributed by atoms with E-state index >= 15 is 0 Å². The molecule has 0 saturated heterocycles. The van der Waals surface area contributed by atoms with Gasteiger partial charge >= 0.3 is 5.97 Å². The Balaban J connectivity index is 1.49. The van der Waals surface area contributed by atoms with Gasteiger partial charge in [-0.1, -0.05) is 53.7 Å². The van der Waals surface area contributed by atoms with E-state index in [2.05, 4.69) is 10.1 Å². The predicted octanol–water partition coefficient (Wildman–Crippen LogP) is 2.86. The number of benzene rings is 2. The molecule has 0 atom stereocenters. The van der Waals surface area contributed by atoms with E-state index in [-0.39, 0.29) is 19.1 Å². The summed E-state index contributed by atoms with van der Waals surface area (Å²) >= 11 is 0. The zero-order valence-corrected chi connectivity index (χ0v) is 12.2. The molecule has 0 N–H and O–H groups in total. The average Bonchev–Trinajstić information content (AvgIpc) is 3.09. The maximum absolute atomic E-state index is 11.6. The molecule has 0 bridgehead atoms. The topological polar surface area (TPSA) is 74.5 Å². The Morgan fingerprint density at radius 2 is 1.70 bits per heavy atom. The number of aromatic nitrogens is 2. The van der Waals surface area contributed by atoms with Crippen molar-refractivity contribution in [1.29, 1.82) is 0 Å². The first-order chi connectivity index (χ1) is 11.3. The van der Waals surface area contributed by atoms with E-state index in [1.165, 1.54) is 0 Å². The first kappa shape index (κ1) is 14.8. The van der Waals surface area contributed by atoms with Gasteiger partial charge in [0.25, 0.3) is 5.89 Å². The fraction of sp³-hybridized carbons (Fsp3) is 0.118. The molecule has 0 saturated carbocycles. The Morgan fingerprint density at radius 3 is 2.43 bits per heavy atom. The molecular formula is C17H14N2O4. The highest BCUT2D eigenvalue weighted by atomic mass is 16.6. The van der Waals surface area contributed by atoms with Gasteiger partial charge in [0, 0.05) is 5.56 Å². The molecule has 0 unspecified atom stereocenters. The van der Waals surface area contributed by atoms with Crippen molar-refractivity contribution in [1.82, 2.24) is 10.1 Å². The van der Waals surface area contributed by atoms with E-state index in [1.807, 2.05) is 48.5 Å². The van der Waals surface area contributed by atoms with Crippen LogP contribution in [0.3, 0.4) is 0 Å². The lowest BCUT2D eigenvalue weighted by molar-refractivity contribution is -0.148. The third-order valence-electron chi connectivity index (χ3n) is 2.96. The molecule has 0 amide bonds. The van der Waals surface area contributed by atoms with Crippen molar-refractivity contribution in [3.8, 4) is 17.1 Å². The molecule has 1 aromatic heterocycles. The third-order valence-corrected chi connectivity index (χ3v) is 2.96. The smallest absolute Gasteiger partial charge is 0.344 e. The number of rotatable bonds is 6. The van der Waals surface area contributed by atoms with Gasteiger partial charge in [-0.2, -0.15) is 4.98 Å². The minimum absolute atomic E-state index is 0.0865. The Kier molecular flexibility index (Phi) is 4.63. The maximum atomic E-state index is 11.6. The molecule has 0 radical (unpaired) electrons. The van der Waals surface area contributed by atoms with Crippen LogP contribution in [-0.2, 0) is 16.1 Å². The summed E-state index contributed by atoms with van der Waals surface area (Å²) in [6.45, 7) is -0.263. The largest absolute Gasteiger partial charge is 0.482 e. The fourth-order valence-electron chi connectivity index (χ4n) is 1.86. The Morgan fingerprint density at radius 1 is 1.00 bits per heavy atom. The molecule has 3 rings (SSSR count). The van der Waals surface area contributed by atoms with E-state index in [0.717, 1.165) is 5.56 Å². The number of hydrogen-bond donors (Lipinski definition) is 0. The molecule has 6 nitrogen and oxygen atoms in total. The minimum Gasteiger partial charge on any atom is -0.482 e. The van der Waals surface area contributed by atoms with Crippen molar-refractivity contribution in [2.75, 3.05) is 6.61 Å². The lowest BCUT2D eigenvalue weighted by Gasteiger charge is -2.04. The third kappa shape index (κ3) is 4.16. The summed E-state index contributed by atoms with van der Waals surface area (Å²) in [4.78, 5) is 15.8. The maximum Gasteiger partial charge on any atom is 0.344 e. The molecule has 6 heteroatoms. The SMILES string of the molecule is O=C(COc1ccccc1)OCc1nc(-c2ccccc2)no1. The molecule has 0 fully saturated rings. The molecule has 0 spiro atoms. The van der Waals surface area contributed by atoms with Crippen LogP contribution >= 0.6 is 0 Å². The van der Waals surface area contributed by atoms with E-state index in [0.29, 0.717) is 11.6 Å². The summed E-state index contributed by atoms with van der Waals surface area (Å²) in [7, 11) is 0. The van der Waals surface area contributed by atoms with Crippen molar-refractivity contribution in [3.05, 3.63) is 66.6 Å². The average molecular weight is 310 g/mol. The van der Waals surface area contributed by atoms with Crippen molar-refractivity contribution in [2.45, 2.75) is 6.61 Å². The Bertz CT molecular complexity index is 757. The Hall–Kier alpha value is -3.15. The normalized spacial score (nSPS) is 10.3. The van der Waals surface area contributed by atoms with E-state index in [9.17, 15) is 4.79 Å². The van der Waals surface area contributed by atoms with Gasteiger partial charge < -0.3 is 14.0 Å². The summed E-state index contributed by atoms with van der Waals surface area (Å²) < 4.78 is 15.4. The molecule has 0 aliphatic rings. The highest BCUT2D eigenvalue weighted by molar-refractivity contribution is 5.71. The summed E-state index contributed by atoms with van der Waals surface area (Å²) in [5.74, 6) is 0.788. The van der Waals surface area contributed by atoms with Crippen LogP contribution < -0.4 is 4.74 Å². The van der Waals surface area contributed by atoms with Crippen molar-refractivity contribution >= 4 is 5.97 Å². The van der Waals surface area contributed by atoms with Crippen LogP contribution in [0, 0.1) is 0 Å². The summed E-state index contributed by atoms with van der Waals surface area (Å²) in [5, 5.41) is 3.85. The highest BCUT2D eigenvalue weighted by Crippen LogP contribution is 2.15. The van der Waals surface area contributed by atoms with Gasteiger partial charge in [-0.05, 0) is 12.1 Å². The van der Waals surface area contributed by atoms with Crippen LogP contribution in [0.25, 0.3) is 11.4 Å². The fourth-order valence-corrected chi connectivity index (χ4v) is 1.86. The van der Waals surface area contributed by atoms with Crippen LogP contribution in [0.4, 0.5) is 0 Å². The zero-order chi connectivity index (χ0) is 15.9. The molecule has 1 heterocycles. The monoisotopic (exact) mass is 310 g/mol. The molecule has 116 valence electrons. The number of ether oxygens (including phenoxy) is 2. The molecule has 23 heavy (non-hydrogen) atoms. The molecular weight excluding hydrogens is 296 g/mol. The molecule has 0 aliphatic carbocycles. The highest BCUT2D eigenvalue weighted by Gasteiger charge is 2.11. The number of para-hydroxylation sites is 1. The first-order valence-electron chi connectivity index (χ1n) is 7.03. The van der Waals surface area contributed by atoms with Crippen molar-refractivity contribution < 1.29 is 18.8 Å². The van der Waals surface area contributed by atoms with Gasteiger partial charge in [0.1, 0.15) is 5.75 Å². The van der Waals surface area contributed by atoms with Gasteiger partial charge in [-0.25, -0.2) is 4.79 Å². The second-order valence-corrected chi connectivity index (χ2v) is 4.64. The Labute approximate surface area is 132 Å². The van der Waals surface area contributed by atoms with E-state index < -0.39 is 5.97 Å². The molecule has 0 aliphatic heterocycles. The van der Waals surface area contributed by atoms with Crippen molar-refractivity contribution in [2.24, 2.45) is 0 Å². The van der Waals surface area contributed by atoms with Gasteiger partial charge in [0.2, 0.25) is 5.82 Å². The zero-order valence-electron chi connectivity index (χ0n) is 12.2. The van der Waals surface area contributed by atoms with Crippen molar-refractivity contribution in [3.63, 3.8) is 0 Å². The quantitative estimate of drug-likeness (QED) is 0.652. The summed E-state index contributed by atoms with van der Waals surface area (Å²) in [6.07, 6.45) is 0. The van der Waals surface area contributed by atoms with Crippen LogP contribution in [-0.4, -0.2) is 22.7 Å². The van der Waals surface area contributed by atoms with Crippen LogP contribution in [0.5, 0.6) is 5.75 Å². The van der Waals surface area contributed by atoms with Crippen LogP contribution in [0.15, 0.2) is 65.2 Å².